The van der Waals surface area contributed by atoms with Gasteiger partial charge in [0.15, 0.2) is 0 Å². The molecule has 3 atom stereocenters. The Morgan fingerprint density at radius 3 is 2.27 bits per heavy atom. The van der Waals surface area contributed by atoms with Crippen molar-refractivity contribution in [3.63, 3.8) is 0 Å². The summed E-state index contributed by atoms with van der Waals surface area (Å²) >= 11 is 0. The number of aliphatic hydroxyl groups is 1. The first kappa shape index (κ1) is 28.6. The number of rotatable bonds is 12. The molecule has 0 saturated carbocycles. The molecule has 3 aromatic carbocycles. The van der Waals surface area contributed by atoms with Crippen molar-refractivity contribution in [3.8, 4) is 5.75 Å². The highest BCUT2D eigenvalue weighted by atomic mass is 35.5. The third-order valence-electron chi connectivity index (χ3n) is 6.26. The maximum Gasteiger partial charge on any atom is 0.335 e. The lowest BCUT2D eigenvalue weighted by Gasteiger charge is -2.36. The molecule has 0 radical (unpaired) electrons. The lowest BCUT2D eigenvalue weighted by atomic mass is 9.85. The number of piperidine rings is 1. The third kappa shape index (κ3) is 8.55. The van der Waals surface area contributed by atoms with Crippen molar-refractivity contribution in [1.82, 2.24) is 5.32 Å². The summed E-state index contributed by atoms with van der Waals surface area (Å²) in [6.45, 7) is 3.26. The standard InChI is InChI=1S/C29H33NO6.ClH/c31-26-17-30-18-27(36-20-22-7-9-24(10-8-22)29(32)33)28(26)23-11-13-25(14-12-23)35-16-4-15-34-19-21-5-2-1-3-6-21;/h1-3,5-14,26-28,30-31H,4,15-20H2,(H,32,33);1H. The van der Waals surface area contributed by atoms with Crippen LogP contribution in [-0.2, 0) is 22.7 Å². The average Bonchev–Trinajstić information content (AvgIpc) is 2.91. The number of benzene rings is 3. The van der Waals surface area contributed by atoms with Crippen LogP contribution >= 0.6 is 12.4 Å². The molecular weight excluding hydrogens is 494 g/mol. The van der Waals surface area contributed by atoms with Gasteiger partial charge in [-0.3, -0.25) is 0 Å². The monoisotopic (exact) mass is 527 g/mol. The van der Waals surface area contributed by atoms with Gasteiger partial charge in [-0.25, -0.2) is 4.79 Å². The second-order valence-electron chi connectivity index (χ2n) is 8.91. The molecule has 7 nitrogen and oxygen atoms in total. The van der Waals surface area contributed by atoms with Crippen LogP contribution in [0.25, 0.3) is 0 Å². The van der Waals surface area contributed by atoms with Crippen LogP contribution in [0.5, 0.6) is 5.75 Å². The van der Waals surface area contributed by atoms with Crippen LogP contribution in [0.4, 0.5) is 0 Å². The summed E-state index contributed by atoms with van der Waals surface area (Å²) in [7, 11) is 0. The first-order valence-corrected chi connectivity index (χ1v) is 12.3. The van der Waals surface area contributed by atoms with E-state index in [1.807, 2.05) is 54.6 Å². The summed E-state index contributed by atoms with van der Waals surface area (Å²) in [6, 6.07) is 24.6. The first-order valence-electron chi connectivity index (χ1n) is 12.3. The lowest BCUT2D eigenvalue weighted by Crippen LogP contribution is -2.49. The van der Waals surface area contributed by atoms with Crippen molar-refractivity contribution in [1.29, 1.82) is 0 Å². The topological polar surface area (TPSA) is 97.3 Å². The van der Waals surface area contributed by atoms with E-state index >= 15 is 0 Å². The highest BCUT2D eigenvalue weighted by molar-refractivity contribution is 5.87. The van der Waals surface area contributed by atoms with Gasteiger partial charge in [0, 0.05) is 25.4 Å². The molecule has 0 aliphatic carbocycles. The van der Waals surface area contributed by atoms with Gasteiger partial charge in [0.05, 0.1) is 44.2 Å². The number of ether oxygens (including phenoxy) is 3. The van der Waals surface area contributed by atoms with E-state index < -0.39 is 12.1 Å². The number of carbonyl (C=O) groups is 1. The number of hydrogen-bond donors (Lipinski definition) is 3. The van der Waals surface area contributed by atoms with Crippen LogP contribution < -0.4 is 10.1 Å². The zero-order chi connectivity index (χ0) is 25.2. The largest absolute Gasteiger partial charge is 0.494 e. The van der Waals surface area contributed by atoms with Crippen LogP contribution in [0.15, 0.2) is 78.9 Å². The van der Waals surface area contributed by atoms with Gasteiger partial charge in [0.25, 0.3) is 0 Å². The number of β-amino-alcohol motifs (C(OH)–C–C–N with tert-alkyl or cyclic N) is 1. The van der Waals surface area contributed by atoms with Crippen molar-refractivity contribution in [2.24, 2.45) is 0 Å². The maximum absolute atomic E-state index is 11.0. The van der Waals surface area contributed by atoms with Crippen LogP contribution in [0.1, 0.15) is 39.4 Å². The van der Waals surface area contributed by atoms with Crippen LogP contribution in [0, 0.1) is 0 Å². The fourth-order valence-corrected chi connectivity index (χ4v) is 4.32. The minimum Gasteiger partial charge on any atom is -0.494 e. The summed E-state index contributed by atoms with van der Waals surface area (Å²) in [5.41, 5.74) is 3.28. The molecule has 1 fully saturated rings. The van der Waals surface area contributed by atoms with E-state index in [2.05, 4.69) is 5.32 Å². The Hall–Kier alpha value is -2.94. The van der Waals surface area contributed by atoms with Gasteiger partial charge in [-0.05, 0) is 41.0 Å². The highest BCUT2D eigenvalue weighted by Crippen LogP contribution is 2.30. The zero-order valence-electron chi connectivity index (χ0n) is 20.6. The molecule has 198 valence electrons. The van der Waals surface area contributed by atoms with Crippen molar-refractivity contribution in [3.05, 3.63) is 101 Å². The molecule has 37 heavy (non-hydrogen) atoms. The fourth-order valence-electron chi connectivity index (χ4n) is 4.32. The number of aromatic carboxylic acids is 1. The minimum absolute atomic E-state index is 0. The van der Waals surface area contributed by atoms with Crippen LogP contribution in [0.3, 0.4) is 0 Å². The van der Waals surface area contributed by atoms with E-state index in [-0.39, 0.29) is 30.0 Å². The smallest absolute Gasteiger partial charge is 0.335 e. The number of halogens is 1. The normalized spacial score (nSPS) is 19.1. The molecular formula is C29H34ClNO6. The predicted octanol–water partition coefficient (Wildman–Crippen LogP) is 4.43. The molecule has 3 unspecified atom stereocenters. The summed E-state index contributed by atoms with van der Waals surface area (Å²) in [5.74, 6) is -0.350. The van der Waals surface area contributed by atoms with Gasteiger partial charge >= 0.3 is 5.97 Å². The van der Waals surface area contributed by atoms with Gasteiger partial charge in [-0.2, -0.15) is 0 Å². The summed E-state index contributed by atoms with van der Waals surface area (Å²) < 4.78 is 17.7. The Kier molecular flexibility index (Phi) is 11.4. The fraction of sp³-hybridized carbons (Fsp3) is 0.345. The van der Waals surface area contributed by atoms with Crippen LogP contribution in [0.2, 0.25) is 0 Å². The van der Waals surface area contributed by atoms with E-state index in [9.17, 15) is 9.90 Å². The number of aliphatic hydroxyl groups excluding tert-OH is 1. The molecule has 0 spiro atoms. The Labute approximate surface area is 223 Å². The Morgan fingerprint density at radius 1 is 0.865 bits per heavy atom. The average molecular weight is 528 g/mol. The molecule has 0 amide bonds. The number of carboxylic acids is 1. The number of nitrogens with one attached hydrogen (secondary N) is 1. The van der Waals surface area contributed by atoms with Crippen molar-refractivity contribution in [2.75, 3.05) is 26.3 Å². The maximum atomic E-state index is 11.0. The van der Waals surface area contributed by atoms with Gasteiger partial charge in [-0.15, -0.1) is 12.4 Å². The van der Waals surface area contributed by atoms with Crippen molar-refractivity contribution >= 4 is 18.4 Å². The Bertz CT molecular complexity index is 1080. The molecule has 3 aromatic rings. The van der Waals surface area contributed by atoms with Crippen LogP contribution in [-0.4, -0.2) is 54.7 Å². The summed E-state index contributed by atoms with van der Waals surface area (Å²) in [6.07, 6.45) is -0.00148. The summed E-state index contributed by atoms with van der Waals surface area (Å²) in [5, 5.41) is 23.0. The molecule has 0 bridgehead atoms. The quantitative estimate of drug-likeness (QED) is 0.300. The van der Waals surface area contributed by atoms with E-state index in [4.69, 9.17) is 19.3 Å². The van der Waals surface area contributed by atoms with E-state index in [1.165, 1.54) is 0 Å². The van der Waals surface area contributed by atoms with Gasteiger partial charge in [0.2, 0.25) is 0 Å². The second-order valence-corrected chi connectivity index (χ2v) is 8.91. The lowest BCUT2D eigenvalue weighted by molar-refractivity contribution is -0.0328. The van der Waals surface area contributed by atoms with Gasteiger partial charge in [-0.1, -0.05) is 54.6 Å². The molecule has 4 rings (SSSR count). The molecule has 1 aliphatic heterocycles. The Balaban J connectivity index is 0.00000380. The molecule has 1 saturated heterocycles. The van der Waals surface area contributed by atoms with E-state index in [0.29, 0.717) is 39.5 Å². The van der Waals surface area contributed by atoms with E-state index in [1.54, 1.807) is 24.3 Å². The zero-order valence-corrected chi connectivity index (χ0v) is 21.4. The molecule has 1 aliphatic rings. The molecule has 1 heterocycles. The summed E-state index contributed by atoms with van der Waals surface area (Å²) in [4.78, 5) is 11.0. The second kappa shape index (κ2) is 14.7. The Morgan fingerprint density at radius 2 is 1.57 bits per heavy atom. The minimum atomic E-state index is -0.953. The highest BCUT2D eigenvalue weighted by Gasteiger charge is 2.34. The number of hydrogen-bond acceptors (Lipinski definition) is 6. The van der Waals surface area contributed by atoms with Crippen molar-refractivity contribution in [2.45, 2.75) is 37.8 Å². The predicted molar refractivity (Wildman–Crippen MR) is 143 cm³/mol. The van der Waals surface area contributed by atoms with Gasteiger partial charge in [0.1, 0.15) is 5.75 Å². The SMILES string of the molecule is Cl.O=C(O)c1ccc(COC2CNCC(O)C2c2ccc(OCCCOCc3ccccc3)cc2)cc1. The molecule has 8 heteroatoms. The third-order valence-corrected chi connectivity index (χ3v) is 6.26. The molecule has 3 N–H and O–H groups in total. The number of carboxylic acid groups (broad SMARTS) is 1. The van der Waals surface area contributed by atoms with Crippen molar-refractivity contribution < 1.29 is 29.2 Å². The first-order chi connectivity index (χ1) is 17.6. The van der Waals surface area contributed by atoms with E-state index in [0.717, 1.165) is 28.9 Å². The molecule has 0 aromatic heterocycles. The van der Waals surface area contributed by atoms with Gasteiger partial charge < -0.3 is 29.7 Å².